The number of nitrogens with zero attached hydrogens (tertiary/aromatic N) is 2. The topological polar surface area (TPSA) is 76.4 Å². The molecule has 2 atom stereocenters. The molecule has 0 radical (unpaired) electrons. The highest BCUT2D eigenvalue weighted by atomic mass is 16.5. The Balaban J connectivity index is 2.19. The molecule has 1 amide bonds. The van der Waals surface area contributed by atoms with E-state index in [2.05, 4.69) is 10.4 Å². The standard InChI is InChI=1S/C18H31N3O3/c1-5-15(17(22)12(3)4)19-18(23)14-11-21(6-2)20-16(14)13-7-9-24-10-8-13/h11-13,15,17,22H,5-10H2,1-4H3,(H,19,23). The van der Waals surface area contributed by atoms with Crippen molar-refractivity contribution in [1.82, 2.24) is 15.1 Å². The summed E-state index contributed by atoms with van der Waals surface area (Å²) < 4.78 is 7.25. The van der Waals surface area contributed by atoms with Gasteiger partial charge in [0.15, 0.2) is 0 Å². The monoisotopic (exact) mass is 337 g/mol. The van der Waals surface area contributed by atoms with Crippen LogP contribution < -0.4 is 5.32 Å². The van der Waals surface area contributed by atoms with Gasteiger partial charge in [0.05, 0.1) is 23.4 Å². The third kappa shape index (κ3) is 4.36. The number of carbonyl (C=O) groups is 1. The number of nitrogens with one attached hydrogen (secondary N) is 1. The van der Waals surface area contributed by atoms with Crippen LogP contribution in [-0.2, 0) is 11.3 Å². The number of aromatic nitrogens is 2. The quantitative estimate of drug-likeness (QED) is 0.800. The predicted octanol–water partition coefficient (Wildman–Crippen LogP) is 2.32. The predicted molar refractivity (Wildman–Crippen MR) is 93.1 cm³/mol. The minimum Gasteiger partial charge on any atom is -0.391 e. The van der Waals surface area contributed by atoms with Gasteiger partial charge < -0.3 is 15.2 Å². The minimum absolute atomic E-state index is 0.101. The van der Waals surface area contributed by atoms with Crippen LogP contribution in [0.2, 0.25) is 0 Å². The SMILES string of the molecule is CCC(NC(=O)c1cn(CC)nc1C1CCOCC1)C(O)C(C)C. The van der Waals surface area contributed by atoms with Crippen molar-refractivity contribution in [2.45, 2.75) is 71.6 Å². The van der Waals surface area contributed by atoms with Crippen molar-refractivity contribution < 1.29 is 14.6 Å². The molecule has 2 rings (SSSR count). The van der Waals surface area contributed by atoms with E-state index < -0.39 is 6.10 Å². The van der Waals surface area contributed by atoms with Crippen LogP contribution in [0.4, 0.5) is 0 Å². The van der Waals surface area contributed by atoms with Crippen LogP contribution in [0.25, 0.3) is 0 Å². The number of aliphatic hydroxyl groups excluding tert-OH is 1. The fourth-order valence-electron chi connectivity index (χ4n) is 3.19. The van der Waals surface area contributed by atoms with Crippen molar-refractivity contribution >= 4 is 5.91 Å². The second-order valence-electron chi connectivity index (χ2n) is 6.89. The summed E-state index contributed by atoms with van der Waals surface area (Å²) in [4.78, 5) is 12.8. The molecular formula is C18H31N3O3. The molecule has 6 nitrogen and oxygen atoms in total. The zero-order valence-electron chi connectivity index (χ0n) is 15.3. The zero-order chi connectivity index (χ0) is 17.7. The Kier molecular flexibility index (Phi) is 6.80. The van der Waals surface area contributed by atoms with Crippen LogP contribution >= 0.6 is 0 Å². The third-order valence-electron chi connectivity index (χ3n) is 4.82. The molecule has 2 unspecified atom stereocenters. The lowest BCUT2D eigenvalue weighted by Crippen LogP contribution is -2.45. The number of ether oxygens (including phenoxy) is 1. The average molecular weight is 337 g/mol. The molecule has 1 aromatic heterocycles. The van der Waals surface area contributed by atoms with Gasteiger partial charge in [-0.05, 0) is 32.1 Å². The third-order valence-corrected chi connectivity index (χ3v) is 4.82. The van der Waals surface area contributed by atoms with Crippen LogP contribution in [0.1, 0.15) is 68.9 Å². The first-order chi connectivity index (χ1) is 11.5. The van der Waals surface area contributed by atoms with Gasteiger partial charge in [0.1, 0.15) is 0 Å². The molecule has 1 saturated heterocycles. The molecule has 136 valence electrons. The molecule has 0 aliphatic carbocycles. The van der Waals surface area contributed by atoms with E-state index in [0.717, 1.165) is 25.1 Å². The summed E-state index contributed by atoms with van der Waals surface area (Å²) in [6.45, 7) is 10.1. The first-order valence-electron chi connectivity index (χ1n) is 9.11. The van der Waals surface area contributed by atoms with Crippen LogP contribution in [0.3, 0.4) is 0 Å². The molecule has 1 fully saturated rings. The van der Waals surface area contributed by atoms with E-state index in [9.17, 15) is 9.90 Å². The Morgan fingerprint density at radius 2 is 2.08 bits per heavy atom. The molecule has 6 heteroatoms. The van der Waals surface area contributed by atoms with E-state index >= 15 is 0 Å². The molecule has 1 aromatic rings. The second-order valence-corrected chi connectivity index (χ2v) is 6.89. The smallest absolute Gasteiger partial charge is 0.255 e. The van der Waals surface area contributed by atoms with E-state index in [-0.39, 0.29) is 23.8 Å². The Hall–Kier alpha value is -1.40. The van der Waals surface area contributed by atoms with Crippen LogP contribution in [0.5, 0.6) is 0 Å². The summed E-state index contributed by atoms with van der Waals surface area (Å²) in [5.74, 6) is 0.230. The molecule has 0 spiro atoms. The summed E-state index contributed by atoms with van der Waals surface area (Å²) >= 11 is 0. The van der Waals surface area contributed by atoms with E-state index in [1.165, 1.54) is 0 Å². The number of rotatable bonds is 7. The van der Waals surface area contributed by atoms with Gasteiger partial charge in [0.25, 0.3) is 5.91 Å². The number of aliphatic hydroxyl groups is 1. The van der Waals surface area contributed by atoms with E-state index in [0.29, 0.717) is 25.2 Å². The highest BCUT2D eigenvalue weighted by Gasteiger charge is 2.28. The van der Waals surface area contributed by atoms with Gasteiger partial charge in [0, 0.05) is 31.9 Å². The van der Waals surface area contributed by atoms with Crippen molar-refractivity contribution in [3.05, 3.63) is 17.5 Å². The van der Waals surface area contributed by atoms with Gasteiger partial charge in [-0.15, -0.1) is 0 Å². The maximum atomic E-state index is 12.8. The van der Waals surface area contributed by atoms with E-state index in [4.69, 9.17) is 4.74 Å². The van der Waals surface area contributed by atoms with Gasteiger partial charge in [-0.1, -0.05) is 20.8 Å². The number of hydrogen-bond donors (Lipinski definition) is 2. The van der Waals surface area contributed by atoms with Crippen molar-refractivity contribution in [3.63, 3.8) is 0 Å². The molecule has 24 heavy (non-hydrogen) atoms. The number of hydrogen-bond acceptors (Lipinski definition) is 4. The summed E-state index contributed by atoms with van der Waals surface area (Å²) in [7, 11) is 0. The highest BCUT2D eigenvalue weighted by molar-refractivity contribution is 5.95. The van der Waals surface area contributed by atoms with Crippen molar-refractivity contribution in [2.24, 2.45) is 5.92 Å². The normalized spacial score (nSPS) is 18.6. The second kappa shape index (κ2) is 8.62. The maximum Gasteiger partial charge on any atom is 0.255 e. The summed E-state index contributed by atoms with van der Waals surface area (Å²) in [5.41, 5.74) is 1.50. The van der Waals surface area contributed by atoms with Gasteiger partial charge in [-0.3, -0.25) is 9.48 Å². The molecule has 1 aliphatic heterocycles. The molecule has 0 saturated carbocycles. The molecule has 0 aromatic carbocycles. The Morgan fingerprint density at radius 3 is 2.62 bits per heavy atom. The lowest BCUT2D eigenvalue weighted by molar-refractivity contribution is 0.0673. The van der Waals surface area contributed by atoms with E-state index in [1.54, 1.807) is 0 Å². The van der Waals surface area contributed by atoms with Crippen LogP contribution in [0, 0.1) is 5.92 Å². The van der Waals surface area contributed by atoms with Crippen LogP contribution in [-0.4, -0.2) is 46.2 Å². The average Bonchev–Trinajstić information content (AvgIpc) is 3.04. The van der Waals surface area contributed by atoms with E-state index in [1.807, 2.05) is 38.6 Å². The maximum absolute atomic E-state index is 12.8. The van der Waals surface area contributed by atoms with Crippen LogP contribution in [0.15, 0.2) is 6.20 Å². The molecular weight excluding hydrogens is 306 g/mol. The fourth-order valence-corrected chi connectivity index (χ4v) is 3.19. The lowest BCUT2D eigenvalue weighted by atomic mass is 9.93. The highest BCUT2D eigenvalue weighted by Crippen LogP contribution is 2.28. The van der Waals surface area contributed by atoms with Crippen molar-refractivity contribution in [2.75, 3.05) is 13.2 Å². The number of amides is 1. The van der Waals surface area contributed by atoms with Gasteiger partial charge in [-0.2, -0.15) is 5.10 Å². The largest absolute Gasteiger partial charge is 0.391 e. The van der Waals surface area contributed by atoms with Crippen molar-refractivity contribution in [3.8, 4) is 0 Å². The summed E-state index contributed by atoms with van der Waals surface area (Å²) in [5, 5.41) is 17.9. The number of aryl methyl sites for hydroxylation is 1. The first-order valence-corrected chi connectivity index (χ1v) is 9.11. The summed E-state index contributed by atoms with van der Waals surface area (Å²) in [6.07, 6.45) is 3.76. The zero-order valence-corrected chi connectivity index (χ0v) is 15.3. The van der Waals surface area contributed by atoms with Crippen molar-refractivity contribution in [1.29, 1.82) is 0 Å². The summed E-state index contributed by atoms with van der Waals surface area (Å²) in [6, 6.07) is -0.245. The Bertz CT molecular complexity index is 536. The van der Waals surface area contributed by atoms with Gasteiger partial charge >= 0.3 is 0 Å². The lowest BCUT2D eigenvalue weighted by Gasteiger charge is -2.26. The van der Waals surface area contributed by atoms with Gasteiger partial charge in [0.2, 0.25) is 0 Å². The molecule has 1 aliphatic rings. The fraction of sp³-hybridized carbons (Fsp3) is 0.778. The Morgan fingerprint density at radius 1 is 1.42 bits per heavy atom. The minimum atomic E-state index is -0.549. The molecule has 2 N–H and O–H groups in total. The Labute approximate surface area is 144 Å². The first kappa shape index (κ1) is 18.9. The number of carbonyl (C=O) groups excluding carboxylic acids is 1. The molecule has 2 heterocycles. The molecule has 0 bridgehead atoms. The van der Waals surface area contributed by atoms with Gasteiger partial charge in [-0.25, -0.2) is 0 Å².